The number of hydrogen-bond acceptors (Lipinski definition) is 8. The standard InChI is InChI=1S/C32H30ClNO8S2/c1-22(2)41-31(36)32(3,4)42-29-20-17-24(30(35)23-15-18-25(33)19-16-23)21-28(29)34(43(37,38)26-11-7-5-8-12-26)44(39,40)27-13-9-6-10-14-27/h5-22H,1-4H3. The van der Waals surface area contributed by atoms with Crippen LogP contribution >= 0.6 is 11.6 Å². The summed E-state index contributed by atoms with van der Waals surface area (Å²) in [6.07, 6.45) is -0.488. The fraction of sp³-hybridized carbons (Fsp3) is 0.188. The highest BCUT2D eigenvalue weighted by molar-refractivity contribution is 8.10. The first kappa shape index (κ1) is 32.7. The van der Waals surface area contributed by atoms with E-state index in [4.69, 9.17) is 21.1 Å². The molecule has 0 saturated heterocycles. The molecule has 0 radical (unpaired) electrons. The van der Waals surface area contributed by atoms with Gasteiger partial charge in [0.25, 0.3) is 20.0 Å². The number of halogens is 1. The van der Waals surface area contributed by atoms with E-state index >= 15 is 0 Å². The van der Waals surface area contributed by atoms with Crippen molar-refractivity contribution >= 4 is 49.1 Å². The zero-order chi connectivity index (χ0) is 32.3. The van der Waals surface area contributed by atoms with E-state index < -0.39 is 49.2 Å². The van der Waals surface area contributed by atoms with Gasteiger partial charge in [-0.05, 0) is 94.4 Å². The van der Waals surface area contributed by atoms with Gasteiger partial charge in [-0.1, -0.05) is 48.0 Å². The number of hydrogen-bond donors (Lipinski definition) is 0. The van der Waals surface area contributed by atoms with Crippen LogP contribution in [-0.2, 0) is 29.6 Å². The van der Waals surface area contributed by atoms with Gasteiger partial charge in [-0.25, -0.2) is 21.6 Å². The summed E-state index contributed by atoms with van der Waals surface area (Å²) in [5.74, 6) is -1.62. The summed E-state index contributed by atoms with van der Waals surface area (Å²) < 4.78 is 68.5. The SMILES string of the molecule is CC(C)OC(=O)C(C)(C)Oc1ccc(C(=O)c2ccc(Cl)cc2)cc1N(S(=O)(=O)c1ccccc1)S(=O)(=O)c1ccccc1. The number of carbonyl (C=O) groups excluding carboxylic acids is 2. The lowest BCUT2D eigenvalue weighted by Crippen LogP contribution is -2.42. The van der Waals surface area contributed by atoms with Crippen molar-refractivity contribution < 1.29 is 35.9 Å². The summed E-state index contributed by atoms with van der Waals surface area (Å²) in [6.45, 7) is 6.10. The second kappa shape index (κ2) is 12.8. The minimum atomic E-state index is -4.87. The van der Waals surface area contributed by atoms with Gasteiger partial charge in [0.2, 0.25) is 0 Å². The fourth-order valence-corrected chi connectivity index (χ4v) is 7.96. The van der Waals surface area contributed by atoms with Gasteiger partial charge in [0.1, 0.15) is 11.4 Å². The largest absolute Gasteiger partial charge is 0.474 e. The zero-order valence-corrected chi connectivity index (χ0v) is 26.7. The molecule has 0 heterocycles. The first-order valence-corrected chi connectivity index (χ1v) is 16.7. The number of sulfonamides is 2. The van der Waals surface area contributed by atoms with Crippen molar-refractivity contribution in [2.75, 3.05) is 3.71 Å². The Morgan fingerprint density at radius 1 is 0.727 bits per heavy atom. The lowest BCUT2D eigenvalue weighted by molar-refractivity contribution is -0.163. The summed E-state index contributed by atoms with van der Waals surface area (Å²) in [5, 5.41) is 0.399. The third-order valence-corrected chi connectivity index (χ3v) is 10.7. The van der Waals surface area contributed by atoms with E-state index in [1.807, 2.05) is 0 Å². The van der Waals surface area contributed by atoms with Gasteiger partial charge in [-0.15, -0.1) is 0 Å². The van der Waals surface area contributed by atoms with Gasteiger partial charge in [0, 0.05) is 16.1 Å². The van der Waals surface area contributed by atoms with Crippen LogP contribution in [-0.4, -0.2) is 40.3 Å². The Balaban J connectivity index is 2.01. The highest BCUT2D eigenvalue weighted by Crippen LogP contribution is 2.40. The predicted octanol–water partition coefficient (Wildman–Crippen LogP) is 6.26. The lowest BCUT2D eigenvalue weighted by Gasteiger charge is -2.30. The van der Waals surface area contributed by atoms with Gasteiger partial charge in [0.05, 0.1) is 15.9 Å². The Morgan fingerprint density at radius 3 is 1.68 bits per heavy atom. The van der Waals surface area contributed by atoms with Crippen LogP contribution in [0.1, 0.15) is 43.6 Å². The molecule has 0 aliphatic carbocycles. The Morgan fingerprint density at radius 2 is 1.20 bits per heavy atom. The molecular weight excluding hydrogens is 626 g/mol. The molecule has 0 fully saturated rings. The van der Waals surface area contributed by atoms with Crippen LogP contribution in [0.25, 0.3) is 0 Å². The minimum Gasteiger partial charge on any atom is -0.474 e. The van der Waals surface area contributed by atoms with Gasteiger partial charge in [-0.3, -0.25) is 4.79 Å². The summed E-state index contributed by atoms with van der Waals surface area (Å²) in [5.41, 5.74) is -2.03. The van der Waals surface area contributed by atoms with Crippen molar-refractivity contribution in [3.05, 3.63) is 119 Å². The summed E-state index contributed by atoms with van der Waals surface area (Å²) in [7, 11) is -9.74. The highest BCUT2D eigenvalue weighted by atomic mass is 35.5. The Labute approximate surface area is 262 Å². The molecule has 0 N–H and O–H groups in total. The molecule has 9 nitrogen and oxygen atoms in total. The van der Waals surface area contributed by atoms with E-state index in [-0.39, 0.29) is 30.4 Å². The highest BCUT2D eigenvalue weighted by Gasteiger charge is 2.41. The van der Waals surface area contributed by atoms with Gasteiger partial charge in [-0.2, -0.15) is 3.71 Å². The maximum atomic E-state index is 14.2. The van der Waals surface area contributed by atoms with E-state index in [2.05, 4.69) is 0 Å². The number of anilines is 1. The van der Waals surface area contributed by atoms with Crippen LogP contribution < -0.4 is 8.45 Å². The van der Waals surface area contributed by atoms with Crippen molar-refractivity contribution in [2.45, 2.75) is 49.2 Å². The van der Waals surface area contributed by atoms with Crippen molar-refractivity contribution in [1.29, 1.82) is 0 Å². The molecule has 230 valence electrons. The molecule has 0 atom stereocenters. The normalized spacial score (nSPS) is 12.0. The Kier molecular flexibility index (Phi) is 9.53. The van der Waals surface area contributed by atoms with Gasteiger partial charge in [0.15, 0.2) is 11.4 Å². The molecule has 4 aromatic carbocycles. The van der Waals surface area contributed by atoms with Crippen LogP contribution in [0.2, 0.25) is 5.02 Å². The van der Waals surface area contributed by atoms with Gasteiger partial charge >= 0.3 is 5.97 Å². The molecule has 4 aromatic rings. The monoisotopic (exact) mass is 655 g/mol. The number of benzene rings is 4. The smallest absolute Gasteiger partial charge is 0.350 e. The molecule has 0 aliphatic rings. The maximum absolute atomic E-state index is 14.2. The van der Waals surface area contributed by atoms with E-state index in [1.165, 1.54) is 98.8 Å². The summed E-state index contributed by atoms with van der Waals surface area (Å²) in [4.78, 5) is 25.8. The third-order valence-electron chi connectivity index (χ3n) is 6.24. The molecule has 0 amide bonds. The molecule has 0 unspecified atom stereocenters. The molecule has 0 spiro atoms. The lowest BCUT2D eigenvalue weighted by atomic mass is 10.0. The number of ketones is 1. The Hall–Kier alpha value is -4.19. The van der Waals surface area contributed by atoms with Crippen molar-refractivity contribution in [2.24, 2.45) is 0 Å². The molecule has 12 heteroatoms. The number of rotatable bonds is 11. The van der Waals surface area contributed by atoms with Crippen LogP contribution in [0.15, 0.2) is 113 Å². The summed E-state index contributed by atoms with van der Waals surface area (Å²) in [6, 6.07) is 23.6. The Bertz CT molecular complexity index is 1810. The first-order valence-electron chi connectivity index (χ1n) is 13.4. The van der Waals surface area contributed by atoms with E-state index in [0.29, 0.717) is 5.02 Å². The van der Waals surface area contributed by atoms with Crippen molar-refractivity contribution in [1.82, 2.24) is 0 Å². The first-order chi connectivity index (χ1) is 20.6. The predicted molar refractivity (Wildman–Crippen MR) is 167 cm³/mol. The average Bonchev–Trinajstić information content (AvgIpc) is 2.98. The second-order valence-electron chi connectivity index (χ2n) is 10.4. The molecular formula is C32H30ClNO8S2. The molecule has 0 aromatic heterocycles. The number of nitrogens with zero attached hydrogens (tertiary/aromatic N) is 1. The van der Waals surface area contributed by atoms with E-state index in [0.717, 1.165) is 6.07 Å². The van der Waals surface area contributed by atoms with E-state index in [9.17, 15) is 26.4 Å². The van der Waals surface area contributed by atoms with Crippen LogP contribution in [0.3, 0.4) is 0 Å². The molecule has 4 rings (SSSR count). The van der Waals surface area contributed by atoms with Gasteiger partial charge < -0.3 is 9.47 Å². The third kappa shape index (κ3) is 6.96. The number of esters is 1. The van der Waals surface area contributed by atoms with Crippen LogP contribution in [0.5, 0.6) is 5.75 Å². The van der Waals surface area contributed by atoms with Crippen LogP contribution in [0, 0.1) is 0 Å². The number of ether oxygens (including phenoxy) is 2. The van der Waals surface area contributed by atoms with Crippen LogP contribution in [0.4, 0.5) is 5.69 Å². The quantitative estimate of drug-likeness (QED) is 0.137. The molecule has 0 saturated carbocycles. The topological polar surface area (TPSA) is 124 Å². The maximum Gasteiger partial charge on any atom is 0.350 e. The fourth-order valence-electron chi connectivity index (χ4n) is 4.09. The van der Waals surface area contributed by atoms with E-state index in [1.54, 1.807) is 26.0 Å². The zero-order valence-electron chi connectivity index (χ0n) is 24.3. The summed E-state index contributed by atoms with van der Waals surface area (Å²) >= 11 is 5.98. The second-order valence-corrected chi connectivity index (χ2v) is 14.7. The molecule has 0 bridgehead atoms. The average molecular weight is 656 g/mol. The molecule has 0 aliphatic heterocycles. The van der Waals surface area contributed by atoms with Crippen molar-refractivity contribution in [3.8, 4) is 5.75 Å². The minimum absolute atomic E-state index is 0.0474. The molecule has 44 heavy (non-hydrogen) atoms. The number of carbonyl (C=O) groups is 2. The van der Waals surface area contributed by atoms with Crippen molar-refractivity contribution in [3.63, 3.8) is 0 Å².